The van der Waals surface area contributed by atoms with Gasteiger partial charge in [0.25, 0.3) is 5.91 Å². The molecule has 2 atom stereocenters. The number of hydrogen-bond acceptors (Lipinski definition) is 6. The van der Waals surface area contributed by atoms with Crippen molar-refractivity contribution < 1.29 is 36.3 Å². The Hall–Kier alpha value is -4.14. The standard InChI is InChI=1S/C23H21F5N6O4/c1-3-13(10-38-23(26,27)28)31-21(36)15-9-34(20-16(25)6-12(24)7-29-20)19-14(18(15)35)4-5-17(32-19)33-8-11(2)30-22(33)37/h4-7,9,11,13H,3,8,10H2,1-2H3,(H,30,37)(H,31,36). The van der Waals surface area contributed by atoms with Crippen LogP contribution in [0.4, 0.5) is 32.6 Å². The first-order valence-corrected chi connectivity index (χ1v) is 11.3. The predicted molar refractivity (Wildman–Crippen MR) is 124 cm³/mol. The molecule has 0 spiro atoms. The van der Waals surface area contributed by atoms with Crippen molar-refractivity contribution in [2.24, 2.45) is 0 Å². The average Bonchev–Trinajstić information content (AvgIpc) is 3.19. The summed E-state index contributed by atoms with van der Waals surface area (Å²) in [5.41, 5.74) is -1.61. The molecule has 10 nitrogen and oxygen atoms in total. The lowest BCUT2D eigenvalue weighted by Crippen LogP contribution is -2.41. The number of rotatable bonds is 7. The van der Waals surface area contributed by atoms with Crippen molar-refractivity contribution in [2.75, 3.05) is 18.1 Å². The van der Waals surface area contributed by atoms with E-state index >= 15 is 0 Å². The first-order valence-electron chi connectivity index (χ1n) is 11.3. The van der Waals surface area contributed by atoms with Crippen LogP contribution in [0.15, 0.2) is 35.4 Å². The highest BCUT2D eigenvalue weighted by Gasteiger charge is 2.31. The molecule has 4 heterocycles. The Balaban J connectivity index is 1.83. The molecule has 2 N–H and O–H groups in total. The number of carbonyl (C=O) groups excluding carboxylic acids is 2. The van der Waals surface area contributed by atoms with E-state index in [9.17, 15) is 36.3 Å². The minimum Gasteiger partial charge on any atom is -0.347 e. The maximum absolute atomic E-state index is 14.8. The molecule has 3 aromatic rings. The minimum atomic E-state index is -4.92. The van der Waals surface area contributed by atoms with Gasteiger partial charge in [0.1, 0.15) is 17.2 Å². The lowest BCUT2D eigenvalue weighted by atomic mass is 10.1. The van der Waals surface area contributed by atoms with Gasteiger partial charge in [0.05, 0.1) is 24.2 Å². The summed E-state index contributed by atoms with van der Waals surface area (Å²) in [4.78, 5) is 47.8. The van der Waals surface area contributed by atoms with Crippen molar-refractivity contribution in [3.63, 3.8) is 0 Å². The monoisotopic (exact) mass is 540 g/mol. The molecule has 15 heteroatoms. The van der Waals surface area contributed by atoms with Crippen LogP contribution >= 0.6 is 0 Å². The summed E-state index contributed by atoms with van der Waals surface area (Å²) < 4.78 is 70.4. The van der Waals surface area contributed by atoms with E-state index in [0.717, 1.165) is 10.8 Å². The van der Waals surface area contributed by atoms with Gasteiger partial charge in [-0.3, -0.25) is 23.8 Å². The van der Waals surface area contributed by atoms with Crippen molar-refractivity contribution in [1.82, 2.24) is 25.2 Å². The summed E-state index contributed by atoms with van der Waals surface area (Å²) >= 11 is 0. The number of hydrogen-bond donors (Lipinski definition) is 2. The number of halogens is 5. The second-order valence-corrected chi connectivity index (χ2v) is 8.54. The van der Waals surface area contributed by atoms with Crippen LogP contribution in [-0.2, 0) is 4.74 Å². The highest BCUT2D eigenvalue weighted by molar-refractivity contribution is 5.98. The topological polar surface area (TPSA) is 118 Å². The molecular weight excluding hydrogens is 519 g/mol. The maximum Gasteiger partial charge on any atom is 0.522 e. The molecule has 4 rings (SSSR count). The number of urea groups is 1. The number of alkyl halides is 3. The number of aromatic nitrogens is 3. The zero-order chi connectivity index (χ0) is 27.8. The van der Waals surface area contributed by atoms with E-state index in [1.165, 1.54) is 24.0 Å². The zero-order valence-corrected chi connectivity index (χ0v) is 20.0. The van der Waals surface area contributed by atoms with Gasteiger partial charge in [-0.25, -0.2) is 23.5 Å². The molecule has 1 aliphatic heterocycles. The van der Waals surface area contributed by atoms with E-state index < -0.39 is 59.4 Å². The Morgan fingerprint density at radius 3 is 2.63 bits per heavy atom. The van der Waals surface area contributed by atoms with Gasteiger partial charge in [-0.15, -0.1) is 13.2 Å². The summed E-state index contributed by atoms with van der Waals surface area (Å²) in [5, 5.41) is 4.80. The number of pyridine rings is 3. The third-order valence-corrected chi connectivity index (χ3v) is 5.72. The third kappa shape index (κ3) is 5.56. The van der Waals surface area contributed by atoms with Crippen LogP contribution in [0.5, 0.6) is 0 Å². The van der Waals surface area contributed by atoms with Gasteiger partial charge in [0.2, 0.25) is 5.43 Å². The SMILES string of the molecule is CCC(COC(F)(F)F)NC(=O)c1cn(-c2ncc(F)cc2F)c2nc(N3CC(C)NC3=O)ccc2c1=O. The molecule has 0 saturated carbocycles. The van der Waals surface area contributed by atoms with Gasteiger partial charge < -0.3 is 10.6 Å². The van der Waals surface area contributed by atoms with Crippen molar-refractivity contribution >= 4 is 28.8 Å². The molecule has 0 bridgehead atoms. The van der Waals surface area contributed by atoms with E-state index in [4.69, 9.17) is 0 Å². The fourth-order valence-corrected chi connectivity index (χ4v) is 3.86. The molecule has 1 aliphatic rings. The van der Waals surface area contributed by atoms with Crippen LogP contribution in [0.1, 0.15) is 30.6 Å². The fourth-order valence-electron chi connectivity index (χ4n) is 3.86. The summed E-state index contributed by atoms with van der Waals surface area (Å²) in [6.07, 6.45) is -3.26. The zero-order valence-electron chi connectivity index (χ0n) is 20.0. The van der Waals surface area contributed by atoms with E-state index in [-0.39, 0.29) is 35.9 Å². The quantitative estimate of drug-likeness (QED) is 0.445. The lowest BCUT2D eigenvalue weighted by Gasteiger charge is -2.19. The molecule has 0 aliphatic carbocycles. The van der Waals surface area contributed by atoms with Crippen LogP contribution in [-0.4, -0.2) is 58.1 Å². The molecule has 0 aromatic carbocycles. The molecule has 3 amide bonds. The Morgan fingerprint density at radius 2 is 2.03 bits per heavy atom. The van der Waals surface area contributed by atoms with Crippen LogP contribution in [0.3, 0.4) is 0 Å². The predicted octanol–water partition coefficient (Wildman–Crippen LogP) is 3.02. The summed E-state index contributed by atoms with van der Waals surface area (Å²) in [6.45, 7) is 2.62. The smallest absolute Gasteiger partial charge is 0.347 e. The number of amides is 3. The Morgan fingerprint density at radius 1 is 1.29 bits per heavy atom. The van der Waals surface area contributed by atoms with Gasteiger partial charge in [0.15, 0.2) is 17.3 Å². The Labute approximate surface area is 211 Å². The summed E-state index contributed by atoms with van der Waals surface area (Å²) in [6, 6.07) is 1.41. The normalized spacial score (nSPS) is 16.6. The molecule has 0 radical (unpaired) electrons. The van der Waals surface area contributed by atoms with Gasteiger partial charge in [-0.2, -0.15) is 0 Å². The number of fused-ring (bicyclic) bond motifs is 1. The average molecular weight is 540 g/mol. The molecule has 1 saturated heterocycles. The number of ether oxygens (including phenoxy) is 1. The third-order valence-electron chi connectivity index (χ3n) is 5.72. The van der Waals surface area contributed by atoms with Crippen molar-refractivity contribution in [3.8, 4) is 5.82 Å². The Bertz CT molecular complexity index is 1460. The molecular formula is C23H21F5N6O4. The second-order valence-electron chi connectivity index (χ2n) is 8.54. The molecule has 38 heavy (non-hydrogen) atoms. The molecule has 2 unspecified atom stereocenters. The number of nitrogens with zero attached hydrogens (tertiary/aromatic N) is 4. The van der Waals surface area contributed by atoms with Gasteiger partial charge in [-0.05, 0) is 25.5 Å². The largest absolute Gasteiger partial charge is 0.522 e. The molecule has 3 aromatic heterocycles. The first kappa shape index (κ1) is 26.9. The second kappa shape index (κ2) is 10.3. The van der Waals surface area contributed by atoms with Gasteiger partial charge in [-0.1, -0.05) is 6.92 Å². The summed E-state index contributed by atoms with van der Waals surface area (Å²) in [5.74, 6) is -3.58. The Kier molecular flexibility index (Phi) is 7.31. The van der Waals surface area contributed by atoms with Crippen molar-refractivity contribution in [3.05, 3.63) is 58.0 Å². The van der Waals surface area contributed by atoms with Gasteiger partial charge in [0, 0.05) is 24.8 Å². The van der Waals surface area contributed by atoms with Crippen LogP contribution in [0, 0.1) is 11.6 Å². The van der Waals surface area contributed by atoms with Crippen LogP contribution < -0.4 is 21.0 Å². The fraction of sp³-hybridized carbons (Fsp3) is 0.348. The summed E-state index contributed by atoms with van der Waals surface area (Å²) in [7, 11) is 0. The van der Waals surface area contributed by atoms with E-state index in [0.29, 0.717) is 12.3 Å². The van der Waals surface area contributed by atoms with E-state index in [1.54, 1.807) is 6.92 Å². The van der Waals surface area contributed by atoms with Gasteiger partial charge >= 0.3 is 12.4 Å². The number of carbonyl (C=O) groups is 2. The number of anilines is 1. The highest BCUT2D eigenvalue weighted by Crippen LogP contribution is 2.23. The first-order chi connectivity index (χ1) is 17.9. The van der Waals surface area contributed by atoms with E-state index in [1.807, 2.05) is 0 Å². The number of nitrogens with one attached hydrogen (secondary N) is 2. The van der Waals surface area contributed by atoms with Crippen molar-refractivity contribution in [2.45, 2.75) is 38.7 Å². The minimum absolute atomic E-state index is 0.0406. The maximum atomic E-state index is 14.8. The molecule has 202 valence electrons. The van der Waals surface area contributed by atoms with E-state index in [2.05, 4.69) is 25.3 Å². The van der Waals surface area contributed by atoms with Crippen LogP contribution in [0.25, 0.3) is 16.9 Å². The molecule has 1 fully saturated rings. The van der Waals surface area contributed by atoms with Crippen LogP contribution in [0.2, 0.25) is 0 Å². The van der Waals surface area contributed by atoms with Crippen molar-refractivity contribution in [1.29, 1.82) is 0 Å². The highest BCUT2D eigenvalue weighted by atomic mass is 19.4. The lowest BCUT2D eigenvalue weighted by molar-refractivity contribution is -0.326.